The molecule has 2 aliphatic heterocycles. The number of hydrogen-bond donors (Lipinski definition) is 2. The maximum Gasteiger partial charge on any atom is 0.0107 e. The van der Waals surface area contributed by atoms with Gasteiger partial charge in [0, 0.05) is 32.7 Å². The minimum Gasteiger partial charge on any atom is -0.317 e. The first-order valence-electron chi connectivity index (χ1n) is 8.17. The first kappa shape index (κ1) is 15.2. The second-order valence-corrected chi connectivity index (χ2v) is 6.25. The summed E-state index contributed by atoms with van der Waals surface area (Å²) in [4.78, 5) is 5.06. The smallest absolute Gasteiger partial charge is 0.0107 e. The van der Waals surface area contributed by atoms with Gasteiger partial charge in [-0.25, -0.2) is 0 Å². The van der Waals surface area contributed by atoms with E-state index >= 15 is 0 Å². The van der Waals surface area contributed by atoms with Crippen molar-refractivity contribution in [3.05, 3.63) is 0 Å². The third kappa shape index (κ3) is 6.21. The van der Waals surface area contributed by atoms with E-state index in [-0.39, 0.29) is 0 Å². The predicted octanol–water partition coefficient (Wildman–Crippen LogP) is 0.603. The van der Waals surface area contributed by atoms with Crippen molar-refractivity contribution < 1.29 is 0 Å². The fraction of sp³-hybridized carbons (Fsp3) is 1.00. The molecule has 2 heterocycles. The van der Waals surface area contributed by atoms with E-state index < -0.39 is 0 Å². The summed E-state index contributed by atoms with van der Waals surface area (Å²) in [6.07, 6.45) is 5.49. The number of nitrogens with zero attached hydrogens (tertiary/aromatic N) is 2. The molecule has 2 rings (SSSR count). The molecule has 0 aromatic carbocycles. The summed E-state index contributed by atoms with van der Waals surface area (Å²) in [5.74, 6) is 0.930. The van der Waals surface area contributed by atoms with Gasteiger partial charge in [-0.1, -0.05) is 0 Å². The number of piperidine rings is 1. The molecular weight excluding hydrogens is 236 g/mol. The SMILES string of the molecule is CN1CCCC(CCNCCCN2CCNCC2)C1. The molecular formula is C15H32N4. The average Bonchev–Trinajstić information content (AvgIpc) is 2.44. The molecule has 19 heavy (non-hydrogen) atoms. The van der Waals surface area contributed by atoms with E-state index in [2.05, 4.69) is 27.5 Å². The molecule has 2 fully saturated rings. The van der Waals surface area contributed by atoms with E-state index in [1.807, 2.05) is 0 Å². The van der Waals surface area contributed by atoms with Gasteiger partial charge in [-0.05, 0) is 64.8 Å². The molecule has 0 aromatic heterocycles. The summed E-state index contributed by atoms with van der Waals surface area (Å²) in [6.45, 7) is 11.1. The molecule has 4 nitrogen and oxygen atoms in total. The Kier molecular flexibility index (Phi) is 7.14. The minimum absolute atomic E-state index is 0.930. The summed E-state index contributed by atoms with van der Waals surface area (Å²) >= 11 is 0. The van der Waals surface area contributed by atoms with E-state index in [9.17, 15) is 0 Å². The van der Waals surface area contributed by atoms with Crippen molar-refractivity contribution in [2.45, 2.75) is 25.7 Å². The van der Waals surface area contributed by atoms with E-state index in [0.717, 1.165) is 5.92 Å². The minimum atomic E-state index is 0.930. The van der Waals surface area contributed by atoms with Crippen LogP contribution in [0.2, 0.25) is 0 Å². The highest BCUT2D eigenvalue weighted by molar-refractivity contribution is 4.71. The molecule has 1 unspecified atom stereocenters. The van der Waals surface area contributed by atoms with Crippen LogP contribution in [-0.4, -0.2) is 75.8 Å². The number of rotatable bonds is 7. The van der Waals surface area contributed by atoms with Gasteiger partial charge in [0.15, 0.2) is 0 Å². The first-order chi connectivity index (χ1) is 9.34. The van der Waals surface area contributed by atoms with Crippen LogP contribution >= 0.6 is 0 Å². The summed E-state index contributed by atoms with van der Waals surface area (Å²) in [5, 5.41) is 7.03. The van der Waals surface area contributed by atoms with E-state index in [1.54, 1.807) is 0 Å². The van der Waals surface area contributed by atoms with Crippen molar-refractivity contribution in [1.29, 1.82) is 0 Å². The number of piperazine rings is 1. The topological polar surface area (TPSA) is 30.5 Å². The zero-order chi connectivity index (χ0) is 13.3. The van der Waals surface area contributed by atoms with Gasteiger partial charge in [-0.15, -0.1) is 0 Å². The summed E-state index contributed by atoms with van der Waals surface area (Å²) in [6, 6.07) is 0. The number of hydrogen-bond acceptors (Lipinski definition) is 4. The van der Waals surface area contributed by atoms with Gasteiger partial charge in [-0.2, -0.15) is 0 Å². The van der Waals surface area contributed by atoms with Crippen molar-refractivity contribution in [1.82, 2.24) is 20.4 Å². The molecule has 112 valence electrons. The van der Waals surface area contributed by atoms with Crippen LogP contribution in [0.15, 0.2) is 0 Å². The lowest BCUT2D eigenvalue weighted by Crippen LogP contribution is -2.44. The van der Waals surface area contributed by atoms with Crippen LogP contribution in [0, 0.1) is 5.92 Å². The Labute approximate surface area is 118 Å². The van der Waals surface area contributed by atoms with Crippen molar-refractivity contribution in [3.8, 4) is 0 Å². The van der Waals surface area contributed by atoms with Gasteiger partial charge in [0.25, 0.3) is 0 Å². The Morgan fingerprint density at radius 3 is 2.79 bits per heavy atom. The predicted molar refractivity (Wildman–Crippen MR) is 81.6 cm³/mol. The Morgan fingerprint density at radius 1 is 1.16 bits per heavy atom. The third-order valence-electron chi connectivity index (χ3n) is 4.49. The monoisotopic (exact) mass is 268 g/mol. The van der Waals surface area contributed by atoms with Gasteiger partial charge in [0.1, 0.15) is 0 Å². The molecule has 4 heteroatoms. The standard InChI is InChI=1S/C15H32N4/c1-18-10-2-4-15(14-18)5-7-16-6-3-11-19-12-8-17-9-13-19/h15-17H,2-14H2,1H3. The molecule has 2 N–H and O–H groups in total. The van der Waals surface area contributed by atoms with Crippen LogP contribution in [0.4, 0.5) is 0 Å². The largest absolute Gasteiger partial charge is 0.317 e. The van der Waals surface area contributed by atoms with Crippen LogP contribution in [0.25, 0.3) is 0 Å². The molecule has 0 spiro atoms. The molecule has 0 bridgehead atoms. The molecule has 0 aliphatic carbocycles. The molecule has 2 saturated heterocycles. The van der Waals surface area contributed by atoms with Crippen molar-refractivity contribution in [2.24, 2.45) is 5.92 Å². The summed E-state index contributed by atoms with van der Waals surface area (Å²) in [5.41, 5.74) is 0. The fourth-order valence-electron chi connectivity index (χ4n) is 3.30. The Morgan fingerprint density at radius 2 is 2.00 bits per heavy atom. The molecule has 1 atom stereocenters. The van der Waals surface area contributed by atoms with Crippen molar-refractivity contribution >= 4 is 0 Å². The normalized spacial score (nSPS) is 26.7. The molecule has 0 aromatic rings. The highest BCUT2D eigenvalue weighted by Crippen LogP contribution is 2.17. The van der Waals surface area contributed by atoms with E-state index in [0.29, 0.717) is 0 Å². The molecule has 2 aliphatic rings. The second kappa shape index (κ2) is 8.90. The van der Waals surface area contributed by atoms with Crippen molar-refractivity contribution in [2.75, 3.05) is 66.0 Å². The maximum atomic E-state index is 3.63. The quantitative estimate of drug-likeness (QED) is 0.662. The summed E-state index contributed by atoms with van der Waals surface area (Å²) in [7, 11) is 2.26. The van der Waals surface area contributed by atoms with Crippen LogP contribution < -0.4 is 10.6 Å². The highest BCUT2D eigenvalue weighted by Gasteiger charge is 2.16. The highest BCUT2D eigenvalue weighted by atomic mass is 15.2. The second-order valence-electron chi connectivity index (χ2n) is 6.25. The number of likely N-dealkylation sites (tertiary alicyclic amines) is 1. The van der Waals surface area contributed by atoms with E-state index in [4.69, 9.17) is 0 Å². The average molecular weight is 268 g/mol. The lowest BCUT2D eigenvalue weighted by Gasteiger charge is -2.29. The number of nitrogens with one attached hydrogen (secondary N) is 2. The van der Waals surface area contributed by atoms with E-state index in [1.165, 1.54) is 84.6 Å². The van der Waals surface area contributed by atoms with Crippen LogP contribution in [0.5, 0.6) is 0 Å². The maximum absolute atomic E-state index is 3.63. The van der Waals surface area contributed by atoms with Crippen LogP contribution in [-0.2, 0) is 0 Å². The van der Waals surface area contributed by atoms with Gasteiger partial charge in [-0.3, -0.25) is 0 Å². The van der Waals surface area contributed by atoms with Gasteiger partial charge < -0.3 is 20.4 Å². The van der Waals surface area contributed by atoms with Gasteiger partial charge in [0.2, 0.25) is 0 Å². The Bertz CT molecular complexity index is 228. The van der Waals surface area contributed by atoms with Gasteiger partial charge in [0.05, 0.1) is 0 Å². The Hall–Kier alpha value is -0.160. The Balaban J connectivity index is 1.41. The van der Waals surface area contributed by atoms with Gasteiger partial charge >= 0.3 is 0 Å². The lowest BCUT2D eigenvalue weighted by atomic mass is 9.95. The van der Waals surface area contributed by atoms with Crippen molar-refractivity contribution in [3.63, 3.8) is 0 Å². The fourth-order valence-corrected chi connectivity index (χ4v) is 3.30. The summed E-state index contributed by atoms with van der Waals surface area (Å²) < 4.78 is 0. The lowest BCUT2D eigenvalue weighted by molar-refractivity contribution is 0.201. The zero-order valence-electron chi connectivity index (χ0n) is 12.7. The first-order valence-corrected chi connectivity index (χ1v) is 8.17. The zero-order valence-corrected chi connectivity index (χ0v) is 12.7. The molecule has 0 radical (unpaired) electrons. The van der Waals surface area contributed by atoms with Crippen LogP contribution in [0.3, 0.4) is 0 Å². The van der Waals surface area contributed by atoms with Crippen LogP contribution in [0.1, 0.15) is 25.7 Å². The third-order valence-corrected chi connectivity index (χ3v) is 4.49. The molecule has 0 amide bonds. The molecule has 0 saturated carbocycles.